The standard InChI is InChI=1S/C22H28N4O3/c1-13-15(11-23)2-3-19(24-13)25-18-4-5-26(12-18)21(27)29-20-16-6-14-7-17(20)10-22(28,8-14)9-16/h2-3,14,16-18,20,28H,4-10,12H2,1H3,(H,24,25)/t14?,16?,17?,18-,20-,22-/m1/s1. The van der Waals surface area contributed by atoms with Crippen LogP contribution in [0.2, 0.25) is 0 Å². The molecule has 0 aromatic carbocycles. The van der Waals surface area contributed by atoms with Crippen LogP contribution in [-0.2, 0) is 4.74 Å². The fourth-order valence-corrected chi connectivity index (χ4v) is 6.33. The minimum absolute atomic E-state index is 0.0332. The van der Waals surface area contributed by atoms with E-state index in [1.165, 1.54) is 0 Å². The van der Waals surface area contributed by atoms with Crippen molar-refractivity contribution in [2.45, 2.75) is 63.2 Å². The summed E-state index contributed by atoms with van der Waals surface area (Å²) in [6.45, 7) is 3.08. The lowest BCUT2D eigenvalue weighted by atomic mass is 9.53. The number of aliphatic hydroxyl groups is 1. The van der Waals surface area contributed by atoms with Crippen molar-refractivity contribution in [2.75, 3.05) is 18.4 Å². The highest BCUT2D eigenvalue weighted by atomic mass is 16.6. The van der Waals surface area contributed by atoms with Gasteiger partial charge in [0.05, 0.1) is 16.9 Å². The largest absolute Gasteiger partial charge is 0.446 e. The third kappa shape index (κ3) is 3.44. The van der Waals surface area contributed by atoms with Crippen molar-refractivity contribution in [2.24, 2.45) is 17.8 Å². The third-order valence-electron chi connectivity index (χ3n) is 7.40. The molecule has 6 rings (SSSR count). The fourth-order valence-electron chi connectivity index (χ4n) is 6.33. The van der Waals surface area contributed by atoms with Crippen LogP contribution in [0.1, 0.15) is 49.8 Å². The molecule has 5 fully saturated rings. The number of aryl methyl sites for hydroxylation is 1. The van der Waals surface area contributed by atoms with Crippen LogP contribution in [0.5, 0.6) is 0 Å². The number of anilines is 1. The van der Waals surface area contributed by atoms with Crippen LogP contribution in [0.25, 0.3) is 0 Å². The van der Waals surface area contributed by atoms with E-state index in [1.807, 2.05) is 13.0 Å². The summed E-state index contributed by atoms with van der Waals surface area (Å²) >= 11 is 0. The van der Waals surface area contributed by atoms with Gasteiger partial charge in [-0.1, -0.05) is 0 Å². The van der Waals surface area contributed by atoms with Gasteiger partial charge in [-0.25, -0.2) is 9.78 Å². The molecule has 2 heterocycles. The number of rotatable bonds is 3. The van der Waals surface area contributed by atoms with Crippen molar-refractivity contribution in [3.63, 3.8) is 0 Å². The molecule has 2 unspecified atom stereocenters. The smallest absolute Gasteiger partial charge is 0.410 e. The number of hydrogen-bond donors (Lipinski definition) is 2. The Hall–Kier alpha value is -2.33. The van der Waals surface area contributed by atoms with Gasteiger partial charge in [-0.05, 0) is 75.3 Å². The number of aromatic nitrogens is 1. The Bertz CT molecular complexity index is 850. The molecule has 7 nitrogen and oxygen atoms in total. The number of nitrogens with zero attached hydrogens (tertiary/aromatic N) is 3. The molecule has 4 aliphatic carbocycles. The summed E-state index contributed by atoms with van der Waals surface area (Å²) in [6, 6.07) is 5.83. The van der Waals surface area contributed by atoms with Gasteiger partial charge in [0, 0.05) is 19.1 Å². The van der Waals surface area contributed by atoms with Crippen molar-refractivity contribution < 1.29 is 14.6 Å². The van der Waals surface area contributed by atoms with E-state index in [9.17, 15) is 9.90 Å². The number of pyridine rings is 1. The minimum Gasteiger partial charge on any atom is -0.446 e. The minimum atomic E-state index is -0.506. The SMILES string of the molecule is Cc1nc(N[C@@H]2CCN(C(=O)O[C@H]3C4CC5CC3C[C@](O)(C5)C4)C2)ccc1C#N. The van der Waals surface area contributed by atoms with Gasteiger partial charge in [-0.3, -0.25) is 0 Å². The zero-order valence-corrected chi connectivity index (χ0v) is 16.8. The fraction of sp³-hybridized carbons (Fsp3) is 0.682. The molecule has 0 radical (unpaired) electrons. The summed E-state index contributed by atoms with van der Waals surface area (Å²) in [6.07, 6.45) is 5.27. The zero-order valence-electron chi connectivity index (χ0n) is 16.8. The molecular formula is C22H28N4O3. The summed E-state index contributed by atoms with van der Waals surface area (Å²) in [4.78, 5) is 19.0. The Morgan fingerprint density at radius 3 is 2.76 bits per heavy atom. The number of ether oxygens (including phenoxy) is 1. The Labute approximate surface area is 171 Å². The Kier molecular flexibility index (Phi) is 4.43. The van der Waals surface area contributed by atoms with Crippen LogP contribution in [-0.4, -0.2) is 51.9 Å². The van der Waals surface area contributed by atoms with Crippen LogP contribution in [0.4, 0.5) is 10.6 Å². The molecule has 3 atom stereocenters. The molecule has 29 heavy (non-hydrogen) atoms. The first-order valence-electron chi connectivity index (χ1n) is 10.7. The second-order valence-electron chi connectivity index (χ2n) is 9.56. The van der Waals surface area contributed by atoms with E-state index in [0.717, 1.165) is 44.3 Å². The number of hydrogen-bond acceptors (Lipinski definition) is 6. The summed E-state index contributed by atoms with van der Waals surface area (Å²) in [5, 5.41) is 23.1. The van der Waals surface area contributed by atoms with Crippen LogP contribution >= 0.6 is 0 Å². The van der Waals surface area contributed by atoms with Crippen molar-refractivity contribution in [1.29, 1.82) is 5.26 Å². The van der Waals surface area contributed by atoms with Crippen LogP contribution < -0.4 is 5.32 Å². The van der Waals surface area contributed by atoms with E-state index in [-0.39, 0.29) is 18.2 Å². The molecule has 1 amide bonds. The van der Waals surface area contributed by atoms with E-state index in [1.54, 1.807) is 11.0 Å². The lowest BCUT2D eigenvalue weighted by molar-refractivity contribution is -0.177. The molecule has 1 saturated heterocycles. The maximum atomic E-state index is 12.8. The molecule has 7 heteroatoms. The van der Waals surface area contributed by atoms with Gasteiger partial charge < -0.3 is 20.1 Å². The molecule has 0 spiro atoms. The van der Waals surface area contributed by atoms with Gasteiger partial charge >= 0.3 is 6.09 Å². The predicted octanol–water partition coefficient (Wildman–Crippen LogP) is 2.82. The molecule has 1 aliphatic heterocycles. The van der Waals surface area contributed by atoms with Crippen LogP contribution in [0.15, 0.2) is 12.1 Å². The maximum Gasteiger partial charge on any atom is 0.410 e. The van der Waals surface area contributed by atoms with Gasteiger partial charge in [-0.2, -0.15) is 5.26 Å². The zero-order chi connectivity index (χ0) is 20.2. The van der Waals surface area contributed by atoms with Crippen LogP contribution in [0, 0.1) is 36.0 Å². The number of carbonyl (C=O) groups is 1. The normalized spacial score (nSPS) is 37.4. The highest BCUT2D eigenvalue weighted by Crippen LogP contribution is 2.56. The van der Waals surface area contributed by atoms with E-state index in [2.05, 4.69) is 16.4 Å². The van der Waals surface area contributed by atoms with Gasteiger partial charge in [0.2, 0.25) is 0 Å². The first kappa shape index (κ1) is 18.7. The first-order chi connectivity index (χ1) is 13.9. The van der Waals surface area contributed by atoms with Crippen molar-refractivity contribution >= 4 is 11.9 Å². The maximum absolute atomic E-state index is 12.8. The topological polar surface area (TPSA) is 98.5 Å². The van der Waals surface area contributed by atoms with Crippen molar-refractivity contribution in [1.82, 2.24) is 9.88 Å². The van der Waals surface area contributed by atoms with Gasteiger partial charge in [-0.15, -0.1) is 0 Å². The summed E-state index contributed by atoms with van der Waals surface area (Å²) < 4.78 is 6.00. The average Bonchev–Trinajstić information content (AvgIpc) is 3.12. The summed E-state index contributed by atoms with van der Waals surface area (Å²) in [5.74, 6) is 1.97. The number of nitriles is 1. The number of carbonyl (C=O) groups excluding carboxylic acids is 1. The average molecular weight is 396 g/mol. The lowest BCUT2D eigenvalue weighted by Crippen LogP contribution is -2.58. The van der Waals surface area contributed by atoms with Crippen molar-refractivity contribution in [3.8, 4) is 6.07 Å². The Morgan fingerprint density at radius 1 is 1.34 bits per heavy atom. The molecule has 1 aromatic heterocycles. The monoisotopic (exact) mass is 396 g/mol. The van der Waals surface area contributed by atoms with Gasteiger partial charge in [0.25, 0.3) is 0 Å². The highest BCUT2D eigenvalue weighted by molar-refractivity contribution is 5.68. The second kappa shape index (κ2) is 6.88. The molecule has 1 aromatic rings. The molecule has 4 bridgehead atoms. The number of amides is 1. The second-order valence-corrected chi connectivity index (χ2v) is 9.56. The predicted molar refractivity (Wildman–Crippen MR) is 106 cm³/mol. The van der Waals surface area contributed by atoms with Crippen LogP contribution in [0.3, 0.4) is 0 Å². The van der Waals surface area contributed by atoms with Gasteiger partial charge in [0.15, 0.2) is 0 Å². The highest BCUT2D eigenvalue weighted by Gasteiger charge is 2.56. The molecule has 2 N–H and O–H groups in total. The summed E-state index contributed by atoms with van der Waals surface area (Å²) in [7, 11) is 0. The Balaban J connectivity index is 1.17. The van der Waals surface area contributed by atoms with E-state index >= 15 is 0 Å². The van der Waals surface area contributed by atoms with Gasteiger partial charge in [0.1, 0.15) is 18.0 Å². The first-order valence-corrected chi connectivity index (χ1v) is 10.7. The summed E-state index contributed by atoms with van der Waals surface area (Å²) in [5.41, 5.74) is 0.775. The molecule has 5 aliphatic rings. The molecular weight excluding hydrogens is 368 g/mol. The van der Waals surface area contributed by atoms with E-state index in [4.69, 9.17) is 10.00 Å². The molecule has 154 valence electrons. The third-order valence-corrected chi connectivity index (χ3v) is 7.40. The number of nitrogens with one attached hydrogen (secondary N) is 1. The van der Waals surface area contributed by atoms with Crippen molar-refractivity contribution in [3.05, 3.63) is 23.4 Å². The number of likely N-dealkylation sites (tertiary alicyclic amines) is 1. The lowest BCUT2D eigenvalue weighted by Gasteiger charge is -2.57. The quantitative estimate of drug-likeness (QED) is 0.815. The Morgan fingerprint density at radius 2 is 2.10 bits per heavy atom. The van der Waals surface area contributed by atoms with E-state index in [0.29, 0.717) is 42.1 Å². The van der Waals surface area contributed by atoms with E-state index < -0.39 is 5.60 Å². The molecule has 4 saturated carbocycles.